The van der Waals surface area contributed by atoms with Gasteiger partial charge in [0.2, 0.25) is 0 Å². The van der Waals surface area contributed by atoms with Crippen LogP contribution in [0.15, 0.2) is 18.2 Å². The first-order valence-corrected chi connectivity index (χ1v) is 5.84. The summed E-state index contributed by atoms with van der Waals surface area (Å²) in [7, 11) is 1.95. The van der Waals surface area contributed by atoms with Gasteiger partial charge in [0.1, 0.15) is 5.82 Å². The van der Waals surface area contributed by atoms with Gasteiger partial charge in [-0.25, -0.2) is 4.39 Å². The maximum Gasteiger partial charge on any atom is 0.146 e. The molecule has 0 amide bonds. The normalized spacial score (nSPS) is 17.2. The van der Waals surface area contributed by atoms with E-state index in [1.807, 2.05) is 31.0 Å². The van der Waals surface area contributed by atoms with Crippen molar-refractivity contribution in [3.8, 4) is 0 Å². The van der Waals surface area contributed by atoms with Gasteiger partial charge in [-0.3, -0.25) is 0 Å². The van der Waals surface area contributed by atoms with Crippen molar-refractivity contribution >= 4 is 5.69 Å². The molecule has 1 aromatic carbocycles. The summed E-state index contributed by atoms with van der Waals surface area (Å²) in [6, 6.07) is 5.17. The van der Waals surface area contributed by atoms with Crippen LogP contribution >= 0.6 is 0 Å². The Bertz CT molecular complexity index is 372. The lowest BCUT2D eigenvalue weighted by Gasteiger charge is -2.20. The quantitative estimate of drug-likeness (QED) is 0.848. The molecular weight excluding hydrogens is 203 g/mol. The molecule has 0 unspecified atom stereocenters. The Morgan fingerprint density at radius 3 is 2.69 bits per heavy atom. The first-order valence-electron chi connectivity index (χ1n) is 5.84. The van der Waals surface area contributed by atoms with Gasteiger partial charge in [-0.2, -0.15) is 0 Å². The summed E-state index contributed by atoms with van der Waals surface area (Å²) in [6.07, 6.45) is 2.56. The van der Waals surface area contributed by atoms with E-state index in [4.69, 9.17) is 5.73 Å². The number of halogens is 1. The van der Waals surface area contributed by atoms with Crippen molar-refractivity contribution < 1.29 is 4.39 Å². The molecule has 1 aliphatic rings. The summed E-state index contributed by atoms with van der Waals surface area (Å²) in [4.78, 5) is 2.00. The predicted molar refractivity (Wildman–Crippen MR) is 65.0 cm³/mol. The van der Waals surface area contributed by atoms with Crippen molar-refractivity contribution in [3.63, 3.8) is 0 Å². The number of nitrogens with two attached hydrogens (primary N) is 1. The third kappa shape index (κ3) is 2.53. The molecule has 0 bridgehead atoms. The highest BCUT2D eigenvalue weighted by Crippen LogP contribution is 2.31. The van der Waals surface area contributed by atoms with E-state index >= 15 is 0 Å². The molecule has 0 heterocycles. The minimum atomic E-state index is -0.169. The SMILES string of the molecule is C[C@@H](N)c1ccc(N(C)CC2CC2)c(F)c1. The number of nitrogens with zero attached hydrogens (tertiary/aromatic N) is 1. The average molecular weight is 222 g/mol. The van der Waals surface area contributed by atoms with Gasteiger partial charge in [0.15, 0.2) is 0 Å². The highest BCUT2D eigenvalue weighted by molar-refractivity contribution is 5.49. The van der Waals surface area contributed by atoms with Gasteiger partial charge in [-0.15, -0.1) is 0 Å². The van der Waals surface area contributed by atoms with Gasteiger partial charge < -0.3 is 10.6 Å². The van der Waals surface area contributed by atoms with Gasteiger partial charge in [-0.05, 0) is 43.4 Å². The van der Waals surface area contributed by atoms with Crippen LogP contribution in [0.4, 0.5) is 10.1 Å². The van der Waals surface area contributed by atoms with E-state index in [1.165, 1.54) is 12.8 Å². The van der Waals surface area contributed by atoms with Crippen LogP contribution in [0.25, 0.3) is 0 Å². The lowest BCUT2D eigenvalue weighted by molar-refractivity contribution is 0.614. The van der Waals surface area contributed by atoms with Crippen molar-refractivity contribution in [2.75, 3.05) is 18.5 Å². The van der Waals surface area contributed by atoms with Crippen LogP contribution in [0.1, 0.15) is 31.4 Å². The molecule has 1 atom stereocenters. The number of hydrogen-bond acceptors (Lipinski definition) is 2. The molecule has 1 aromatic rings. The van der Waals surface area contributed by atoms with Crippen LogP contribution in [-0.4, -0.2) is 13.6 Å². The van der Waals surface area contributed by atoms with Crippen LogP contribution in [0, 0.1) is 11.7 Å². The average Bonchev–Trinajstić information content (AvgIpc) is 3.01. The summed E-state index contributed by atoms with van der Waals surface area (Å²) in [5.41, 5.74) is 7.24. The Hall–Kier alpha value is -1.09. The Morgan fingerprint density at radius 1 is 1.50 bits per heavy atom. The predicted octanol–water partition coefficient (Wildman–Crippen LogP) is 2.69. The van der Waals surface area contributed by atoms with E-state index in [0.29, 0.717) is 5.69 Å². The standard InChI is InChI=1S/C13H19FN2/c1-9(15)11-5-6-13(12(14)7-11)16(2)8-10-3-4-10/h5-7,9-10H,3-4,8,15H2,1-2H3/t9-/m1/s1. The maximum atomic E-state index is 13.8. The summed E-state index contributed by atoms with van der Waals surface area (Å²) in [5, 5.41) is 0. The van der Waals surface area contributed by atoms with Crippen molar-refractivity contribution in [3.05, 3.63) is 29.6 Å². The number of anilines is 1. The van der Waals surface area contributed by atoms with Crippen LogP contribution in [0.2, 0.25) is 0 Å². The van der Waals surface area contributed by atoms with Crippen LogP contribution in [0.5, 0.6) is 0 Å². The van der Waals surface area contributed by atoms with Crippen LogP contribution < -0.4 is 10.6 Å². The molecule has 0 aliphatic heterocycles. The molecule has 0 aromatic heterocycles. The number of hydrogen-bond donors (Lipinski definition) is 1. The zero-order valence-electron chi connectivity index (χ0n) is 9.91. The smallest absolute Gasteiger partial charge is 0.146 e. The molecule has 16 heavy (non-hydrogen) atoms. The number of benzene rings is 1. The van der Waals surface area contributed by atoms with Gasteiger partial charge in [0.05, 0.1) is 5.69 Å². The first kappa shape index (κ1) is 11.4. The van der Waals surface area contributed by atoms with Crippen molar-refractivity contribution in [2.45, 2.75) is 25.8 Å². The fourth-order valence-electron chi connectivity index (χ4n) is 1.90. The third-order valence-corrected chi connectivity index (χ3v) is 3.14. The van der Waals surface area contributed by atoms with Gasteiger partial charge >= 0.3 is 0 Å². The van der Waals surface area contributed by atoms with E-state index in [9.17, 15) is 4.39 Å². The molecule has 1 aliphatic carbocycles. The largest absolute Gasteiger partial charge is 0.372 e. The third-order valence-electron chi connectivity index (χ3n) is 3.14. The second kappa shape index (κ2) is 4.42. The second-order valence-electron chi connectivity index (χ2n) is 4.82. The summed E-state index contributed by atoms with van der Waals surface area (Å²) in [6.45, 7) is 2.82. The van der Waals surface area contributed by atoms with Gasteiger partial charge in [-0.1, -0.05) is 6.07 Å². The highest BCUT2D eigenvalue weighted by atomic mass is 19.1. The Morgan fingerprint density at radius 2 is 2.19 bits per heavy atom. The van der Waals surface area contributed by atoms with Crippen molar-refractivity contribution in [1.29, 1.82) is 0 Å². The minimum absolute atomic E-state index is 0.114. The zero-order chi connectivity index (χ0) is 11.7. The zero-order valence-corrected chi connectivity index (χ0v) is 9.91. The number of rotatable bonds is 4. The lowest BCUT2D eigenvalue weighted by atomic mass is 10.1. The molecule has 2 N–H and O–H groups in total. The molecular formula is C13H19FN2. The van der Waals surface area contributed by atoms with Crippen molar-refractivity contribution in [1.82, 2.24) is 0 Å². The lowest BCUT2D eigenvalue weighted by Crippen LogP contribution is -2.21. The molecule has 0 spiro atoms. The molecule has 0 radical (unpaired) electrons. The highest BCUT2D eigenvalue weighted by Gasteiger charge is 2.23. The fourth-order valence-corrected chi connectivity index (χ4v) is 1.90. The molecule has 1 saturated carbocycles. The fraction of sp³-hybridized carbons (Fsp3) is 0.538. The Kier molecular flexibility index (Phi) is 3.15. The summed E-state index contributed by atoms with van der Waals surface area (Å²) >= 11 is 0. The van der Waals surface area contributed by atoms with E-state index in [0.717, 1.165) is 18.0 Å². The molecule has 88 valence electrons. The van der Waals surface area contributed by atoms with Crippen LogP contribution in [0.3, 0.4) is 0 Å². The van der Waals surface area contributed by atoms with Gasteiger partial charge in [0.25, 0.3) is 0 Å². The monoisotopic (exact) mass is 222 g/mol. The second-order valence-corrected chi connectivity index (χ2v) is 4.82. The summed E-state index contributed by atoms with van der Waals surface area (Å²) in [5.74, 6) is 0.593. The first-order chi connectivity index (χ1) is 7.58. The van der Waals surface area contributed by atoms with Gasteiger partial charge in [0, 0.05) is 19.6 Å². The maximum absolute atomic E-state index is 13.8. The summed E-state index contributed by atoms with van der Waals surface area (Å²) < 4.78 is 13.8. The van der Waals surface area contributed by atoms with E-state index < -0.39 is 0 Å². The minimum Gasteiger partial charge on any atom is -0.372 e. The van der Waals surface area contributed by atoms with E-state index in [1.54, 1.807) is 6.07 Å². The molecule has 3 heteroatoms. The Labute approximate surface area is 96.2 Å². The molecule has 2 nitrogen and oxygen atoms in total. The van der Waals surface area contributed by atoms with E-state index in [2.05, 4.69) is 0 Å². The van der Waals surface area contributed by atoms with Crippen LogP contribution in [-0.2, 0) is 0 Å². The molecule has 2 rings (SSSR count). The molecule has 0 saturated heterocycles. The van der Waals surface area contributed by atoms with E-state index in [-0.39, 0.29) is 11.9 Å². The topological polar surface area (TPSA) is 29.3 Å². The van der Waals surface area contributed by atoms with Crippen molar-refractivity contribution in [2.24, 2.45) is 11.7 Å². The Balaban J connectivity index is 2.14. The molecule has 1 fully saturated rings.